The maximum absolute atomic E-state index is 11.3. The van der Waals surface area contributed by atoms with Gasteiger partial charge in [-0.05, 0) is 18.8 Å². The molecule has 0 aliphatic carbocycles. The van der Waals surface area contributed by atoms with E-state index in [1.807, 2.05) is 6.92 Å². The molecule has 0 aromatic rings. The molecule has 0 rings (SSSR count). The molecule has 0 radical (unpaired) electrons. The molecule has 0 saturated heterocycles. The van der Waals surface area contributed by atoms with E-state index in [4.69, 9.17) is 4.74 Å². The zero-order chi connectivity index (χ0) is 11.4. The maximum atomic E-state index is 11.3. The molecular weight excluding hydrogens is 178 g/mol. The number of nitrogens with one attached hydrogen (secondary N) is 1. The fourth-order valence-corrected chi connectivity index (χ4v) is 1.05. The van der Waals surface area contributed by atoms with E-state index in [1.54, 1.807) is 0 Å². The fourth-order valence-electron chi connectivity index (χ4n) is 1.05. The van der Waals surface area contributed by atoms with Crippen molar-refractivity contribution in [2.45, 2.75) is 53.1 Å². The van der Waals surface area contributed by atoms with Crippen LogP contribution in [0.15, 0.2) is 0 Å². The summed E-state index contributed by atoms with van der Waals surface area (Å²) in [6.45, 7) is 10.5. The van der Waals surface area contributed by atoms with Crippen molar-refractivity contribution in [3.8, 4) is 0 Å². The molecule has 0 bridgehead atoms. The number of methoxy groups -OCH3 is 1. The molecule has 0 aliphatic heterocycles. The van der Waals surface area contributed by atoms with E-state index in [9.17, 15) is 4.79 Å². The Hall–Kier alpha value is -0.570. The summed E-state index contributed by atoms with van der Waals surface area (Å²) < 4.78 is 4.72. The third-order valence-corrected chi connectivity index (χ3v) is 2.64. The predicted octanol–water partition coefficient (Wildman–Crippen LogP) is 1.96. The molecule has 14 heavy (non-hydrogen) atoms. The van der Waals surface area contributed by atoms with E-state index in [2.05, 4.69) is 33.0 Å². The Bertz CT molecular complexity index is 184. The molecule has 0 fully saturated rings. The smallest absolute Gasteiger partial charge is 0.322 e. The van der Waals surface area contributed by atoms with Gasteiger partial charge in [0.2, 0.25) is 0 Å². The number of hydrogen-bond acceptors (Lipinski definition) is 3. The van der Waals surface area contributed by atoms with Crippen molar-refractivity contribution in [3.63, 3.8) is 0 Å². The van der Waals surface area contributed by atoms with Crippen LogP contribution in [0.2, 0.25) is 0 Å². The Morgan fingerprint density at radius 2 is 1.93 bits per heavy atom. The second kappa shape index (κ2) is 5.35. The molecule has 3 nitrogen and oxygen atoms in total. The zero-order valence-electron chi connectivity index (χ0n) is 10.2. The van der Waals surface area contributed by atoms with Crippen molar-refractivity contribution >= 4 is 5.97 Å². The lowest BCUT2D eigenvalue weighted by molar-refractivity contribution is -0.143. The summed E-state index contributed by atoms with van der Waals surface area (Å²) in [6.07, 6.45) is 0.757. The molecule has 0 aliphatic rings. The lowest BCUT2D eigenvalue weighted by Gasteiger charge is -2.31. The predicted molar refractivity (Wildman–Crippen MR) is 58.1 cm³/mol. The van der Waals surface area contributed by atoms with Crippen LogP contribution in [0.25, 0.3) is 0 Å². The molecule has 0 spiro atoms. The van der Waals surface area contributed by atoms with Gasteiger partial charge in [0.15, 0.2) is 0 Å². The van der Waals surface area contributed by atoms with E-state index in [0.29, 0.717) is 0 Å². The molecule has 1 N–H and O–H groups in total. The summed E-state index contributed by atoms with van der Waals surface area (Å²) in [4.78, 5) is 11.3. The van der Waals surface area contributed by atoms with Gasteiger partial charge in [-0.25, -0.2) is 0 Å². The van der Waals surface area contributed by atoms with E-state index in [1.165, 1.54) is 7.11 Å². The van der Waals surface area contributed by atoms with E-state index < -0.39 is 0 Å². The first kappa shape index (κ1) is 13.4. The molecule has 0 aromatic heterocycles. The summed E-state index contributed by atoms with van der Waals surface area (Å²) in [6, 6.07) is 0.0979. The minimum atomic E-state index is -0.186. The lowest BCUT2D eigenvalue weighted by Crippen LogP contribution is -2.47. The van der Waals surface area contributed by atoms with Crippen LogP contribution in [0, 0.1) is 5.41 Å². The van der Waals surface area contributed by atoms with E-state index in [-0.39, 0.29) is 23.5 Å². The van der Waals surface area contributed by atoms with Gasteiger partial charge in [-0.15, -0.1) is 0 Å². The highest BCUT2D eigenvalue weighted by Crippen LogP contribution is 2.19. The highest BCUT2D eigenvalue weighted by molar-refractivity contribution is 5.75. The van der Waals surface area contributed by atoms with Gasteiger partial charge in [0.25, 0.3) is 0 Å². The first-order valence-corrected chi connectivity index (χ1v) is 5.16. The Morgan fingerprint density at radius 1 is 1.43 bits per heavy atom. The van der Waals surface area contributed by atoms with Crippen molar-refractivity contribution in [1.82, 2.24) is 5.32 Å². The first-order valence-electron chi connectivity index (χ1n) is 5.16. The standard InChI is InChI=1S/C11H23NO2/c1-7-9(10(13)14-6)12-8(2)11(3,4)5/h8-9,12H,7H2,1-6H3. The molecule has 0 heterocycles. The van der Waals surface area contributed by atoms with Gasteiger partial charge in [-0.1, -0.05) is 27.7 Å². The Labute approximate surface area is 87.2 Å². The monoisotopic (exact) mass is 201 g/mol. The van der Waals surface area contributed by atoms with Crippen LogP contribution in [-0.2, 0) is 9.53 Å². The van der Waals surface area contributed by atoms with E-state index >= 15 is 0 Å². The summed E-state index contributed by atoms with van der Waals surface area (Å²) in [5.74, 6) is -0.177. The highest BCUT2D eigenvalue weighted by atomic mass is 16.5. The van der Waals surface area contributed by atoms with Gasteiger partial charge < -0.3 is 10.1 Å². The molecule has 84 valence electrons. The second-order valence-corrected chi connectivity index (χ2v) is 4.74. The molecule has 0 amide bonds. The zero-order valence-corrected chi connectivity index (χ0v) is 10.2. The van der Waals surface area contributed by atoms with Crippen molar-refractivity contribution in [2.24, 2.45) is 5.41 Å². The number of carbonyl (C=O) groups is 1. The summed E-state index contributed by atoms with van der Waals surface area (Å²) >= 11 is 0. The third kappa shape index (κ3) is 4.09. The van der Waals surface area contributed by atoms with Gasteiger partial charge >= 0.3 is 5.97 Å². The second-order valence-electron chi connectivity index (χ2n) is 4.74. The number of rotatable bonds is 4. The first-order chi connectivity index (χ1) is 6.32. The number of esters is 1. The largest absolute Gasteiger partial charge is 0.468 e. The van der Waals surface area contributed by atoms with Crippen molar-refractivity contribution in [1.29, 1.82) is 0 Å². The Kier molecular flexibility index (Phi) is 5.13. The SMILES string of the molecule is CCC(NC(C)C(C)(C)C)C(=O)OC. The van der Waals surface area contributed by atoms with Crippen LogP contribution >= 0.6 is 0 Å². The topological polar surface area (TPSA) is 38.3 Å². The normalized spacial score (nSPS) is 16.1. The summed E-state index contributed by atoms with van der Waals surface area (Å²) in [5.41, 5.74) is 0.154. The minimum Gasteiger partial charge on any atom is -0.468 e. The molecule has 3 heteroatoms. The van der Waals surface area contributed by atoms with Crippen LogP contribution < -0.4 is 5.32 Å². The third-order valence-electron chi connectivity index (χ3n) is 2.64. The minimum absolute atomic E-state index is 0.154. The van der Waals surface area contributed by atoms with Crippen LogP contribution in [0.4, 0.5) is 0 Å². The highest BCUT2D eigenvalue weighted by Gasteiger charge is 2.25. The van der Waals surface area contributed by atoms with Crippen molar-refractivity contribution < 1.29 is 9.53 Å². The van der Waals surface area contributed by atoms with Gasteiger partial charge in [-0.2, -0.15) is 0 Å². The molecule has 0 saturated carbocycles. The van der Waals surface area contributed by atoms with Gasteiger partial charge in [-0.3, -0.25) is 4.79 Å². The molecule has 2 unspecified atom stereocenters. The number of carbonyl (C=O) groups excluding carboxylic acids is 1. The molecule has 2 atom stereocenters. The average molecular weight is 201 g/mol. The quantitative estimate of drug-likeness (QED) is 0.707. The summed E-state index contributed by atoms with van der Waals surface area (Å²) in [7, 11) is 1.43. The van der Waals surface area contributed by atoms with Crippen molar-refractivity contribution in [2.75, 3.05) is 7.11 Å². The van der Waals surface area contributed by atoms with Crippen molar-refractivity contribution in [3.05, 3.63) is 0 Å². The number of ether oxygens (including phenoxy) is 1. The fraction of sp³-hybridized carbons (Fsp3) is 0.909. The maximum Gasteiger partial charge on any atom is 0.322 e. The van der Waals surface area contributed by atoms with E-state index in [0.717, 1.165) is 6.42 Å². The van der Waals surface area contributed by atoms with Crippen LogP contribution in [0.3, 0.4) is 0 Å². The Morgan fingerprint density at radius 3 is 2.21 bits per heavy atom. The molecule has 0 aromatic carbocycles. The average Bonchev–Trinajstić information content (AvgIpc) is 2.10. The van der Waals surface area contributed by atoms with Crippen LogP contribution in [0.5, 0.6) is 0 Å². The van der Waals surface area contributed by atoms with Gasteiger partial charge in [0, 0.05) is 6.04 Å². The lowest BCUT2D eigenvalue weighted by atomic mass is 9.87. The molecular formula is C11H23NO2. The number of hydrogen-bond donors (Lipinski definition) is 1. The van der Waals surface area contributed by atoms with Crippen LogP contribution in [0.1, 0.15) is 41.0 Å². The Balaban J connectivity index is 4.26. The summed E-state index contributed by atoms with van der Waals surface area (Å²) in [5, 5.41) is 3.28. The van der Waals surface area contributed by atoms with Gasteiger partial charge in [0.1, 0.15) is 6.04 Å². The van der Waals surface area contributed by atoms with Crippen LogP contribution in [-0.4, -0.2) is 25.2 Å². The van der Waals surface area contributed by atoms with Gasteiger partial charge in [0.05, 0.1) is 7.11 Å².